The second-order valence-electron chi connectivity index (χ2n) is 4.36. The highest BCUT2D eigenvalue weighted by atomic mass is 32.1. The molecule has 21 heavy (non-hydrogen) atoms. The lowest BCUT2D eigenvalue weighted by molar-refractivity contribution is -0.115. The molecule has 0 aliphatic carbocycles. The van der Waals surface area contributed by atoms with Crippen molar-refractivity contribution in [3.05, 3.63) is 58.7 Å². The Bertz CT molecular complexity index is 753. The number of anilines is 1. The number of carbonyl (C=O) groups is 1. The minimum atomic E-state index is -0.374. The predicted molar refractivity (Wildman–Crippen MR) is 84.2 cm³/mol. The maximum atomic E-state index is 13.0. The maximum absolute atomic E-state index is 13.0. The normalized spacial score (nSPS) is 10.5. The van der Waals surface area contributed by atoms with Gasteiger partial charge in [0.25, 0.3) is 0 Å². The number of hydrogen-bond acceptors (Lipinski definition) is 4. The first kappa shape index (κ1) is 13.9. The molecule has 0 spiro atoms. The molecule has 3 rings (SSSR count). The van der Waals surface area contributed by atoms with E-state index in [1.165, 1.54) is 23.5 Å². The van der Waals surface area contributed by atoms with Crippen LogP contribution in [0.3, 0.4) is 0 Å². The van der Waals surface area contributed by atoms with Crippen LogP contribution in [-0.4, -0.2) is 10.9 Å². The molecular formula is C15H11FN2OS2. The quantitative estimate of drug-likeness (QED) is 0.783. The van der Waals surface area contributed by atoms with Crippen molar-refractivity contribution in [1.29, 1.82) is 0 Å². The van der Waals surface area contributed by atoms with Crippen LogP contribution >= 0.6 is 22.7 Å². The van der Waals surface area contributed by atoms with Crippen LogP contribution in [0.25, 0.3) is 9.88 Å². The number of aromatic nitrogens is 1. The van der Waals surface area contributed by atoms with Crippen molar-refractivity contribution in [2.45, 2.75) is 6.42 Å². The van der Waals surface area contributed by atoms with Crippen LogP contribution in [0, 0.1) is 5.82 Å². The van der Waals surface area contributed by atoms with Gasteiger partial charge in [-0.1, -0.05) is 12.1 Å². The summed E-state index contributed by atoms with van der Waals surface area (Å²) >= 11 is 3.14. The van der Waals surface area contributed by atoms with Crippen LogP contribution in [0.2, 0.25) is 0 Å². The number of nitrogens with one attached hydrogen (secondary N) is 1. The summed E-state index contributed by atoms with van der Waals surface area (Å²) in [4.78, 5) is 17.5. The van der Waals surface area contributed by atoms with Crippen LogP contribution in [0.5, 0.6) is 0 Å². The van der Waals surface area contributed by atoms with Crippen molar-refractivity contribution in [3.8, 4) is 9.88 Å². The second kappa shape index (κ2) is 6.15. The van der Waals surface area contributed by atoms with E-state index in [1.807, 2.05) is 22.9 Å². The molecule has 0 aliphatic rings. The fraction of sp³-hybridized carbons (Fsp3) is 0.0667. The minimum Gasteiger partial charge on any atom is -0.326 e. The molecule has 2 heterocycles. The lowest BCUT2D eigenvalue weighted by Crippen LogP contribution is -2.14. The monoisotopic (exact) mass is 318 g/mol. The number of hydrogen-bond donors (Lipinski definition) is 1. The van der Waals surface area contributed by atoms with E-state index in [2.05, 4.69) is 10.3 Å². The fourth-order valence-electron chi connectivity index (χ4n) is 1.84. The molecule has 0 saturated heterocycles. The predicted octanol–water partition coefficient (Wildman–Crippen LogP) is 4.19. The molecule has 3 aromatic rings. The van der Waals surface area contributed by atoms with Crippen molar-refractivity contribution < 1.29 is 9.18 Å². The number of halogens is 1. The highest BCUT2D eigenvalue weighted by Crippen LogP contribution is 2.27. The Hall–Kier alpha value is -2.05. The molecule has 0 aliphatic heterocycles. The van der Waals surface area contributed by atoms with E-state index in [9.17, 15) is 9.18 Å². The van der Waals surface area contributed by atoms with E-state index >= 15 is 0 Å². The molecule has 0 radical (unpaired) electrons. The Morgan fingerprint density at radius 2 is 2.14 bits per heavy atom. The van der Waals surface area contributed by atoms with E-state index in [4.69, 9.17) is 0 Å². The van der Waals surface area contributed by atoms with Crippen LogP contribution in [0.4, 0.5) is 10.1 Å². The molecular weight excluding hydrogens is 307 g/mol. The zero-order chi connectivity index (χ0) is 14.7. The Kier molecular flexibility index (Phi) is 4.08. The third-order valence-electron chi connectivity index (χ3n) is 2.73. The first-order valence-corrected chi connectivity index (χ1v) is 8.00. The van der Waals surface area contributed by atoms with Crippen molar-refractivity contribution in [2.24, 2.45) is 0 Å². The fourth-order valence-corrected chi connectivity index (χ4v) is 3.47. The first-order chi connectivity index (χ1) is 10.2. The molecule has 1 N–H and O–H groups in total. The Morgan fingerprint density at radius 3 is 2.90 bits per heavy atom. The first-order valence-electron chi connectivity index (χ1n) is 6.24. The smallest absolute Gasteiger partial charge is 0.230 e. The van der Waals surface area contributed by atoms with Gasteiger partial charge >= 0.3 is 0 Å². The summed E-state index contributed by atoms with van der Waals surface area (Å²) in [6.45, 7) is 0. The van der Waals surface area contributed by atoms with Crippen molar-refractivity contribution in [1.82, 2.24) is 4.98 Å². The number of thiazole rings is 1. The molecule has 0 bridgehead atoms. The zero-order valence-corrected chi connectivity index (χ0v) is 12.5. The summed E-state index contributed by atoms with van der Waals surface area (Å²) in [5.74, 6) is -0.579. The SMILES string of the molecule is O=C(Cc1csc(-c2cccs2)n1)Nc1cccc(F)c1. The number of carbonyl (C=O) groups excluding carboxylic acids is 1. The van der Waals surface area contributed by atoms with E-state index in [0.717, 1.165) is 15.6 Å². The number of benzene rings is 1. The van der Waals surface area contributed by atoms with Gasteiger partial charge in [0.2, 0.25) is 5.91 Å². The highest BCUT2D eigenvalue weighted by Gasteiger charge is 2.10. The lowest BCUT2D eigenvalue weighted by Gasteiger charge is -2.03. The molecule has 106 valence electrons. The van der Waals surface area contributed by atoms with Gasteiger partial charge in [-0.3, -0.25) is 4.79 Å². The summed E-state index contributed by atoms with van der Waals surface area (Å²) in [6.07, 6.45) is 0.179. The van der Waals surface area contributed by atoms with E-state index < -0.39 is 0 Å². The van der Waals surface area contributed by atoms with E-state index in [1.54, 1.807) is 23.5 Å². The molecule has 2 aromatic heterocycles. The summed E-state index contributed by atoms with van der Waals surface area (Å²) < 4.78 is 13.0. The van der Waals surface area contributed by atoms with Gasteiger partial charge in [0.05, 0.1) is 17.0 Å². The van der Waals surface area contributed by atoms with Gasteiger partial charge in [-0.05, 0) is 29.6 Å². The topological polar surface area (TPSA) is 42.0 Å². The van der Waals surface area contributed by atoms with Crippen LogP contribution < -0.4 is 5.32 Å². The largest absolute Gasteiger partial charge is 0.326 e. The molecule has 1 aromatic carbocycles. The lowest BCUT2D eigenvalue weighted by atomic mass is 10.2. The van der Waals surface area contributed by atoms with E-state index in [0.29, 0.717) is 5.69 Å². The molecule has 0 unspecified atom stereocenters. The van der Waals surface area contributed by atoms with Crippen LogP contribution in [0.15, 0.2) is 47.2 Å². The van der Waals surface area contributed by atoms with Gasteiger partial charge < -0.3 is 5.32 Å². The van der Waals surface area contributed by atoms with Gasteiger partial charge in [0.1, 0.15) is 10.8 Å². The average molecular weight is 318 g/mol. The third-order valence-corrected chi connectivity index (χ3v) is 4.66. The van der Waals surface area contributed by atoms with Crippen LogP contribution in [-0.2, 0) is 11.2 Å². The van der Waals surface area contributed by atoms with Gasteiger partial charge in [-0.2, -0.15) is 0 Å². The van der Waals surface area contributed by atoms with Gasteiger partial charge in [0.15, 0.2) is 0 Å². The molecule has 1 amide bonds. The maximum Gasteiger partial charge on any atom is 0.230 e. The van der Waals surface area contributed by atoms with Gasteiger partial charge in [0, 0.05) is 11.1 Å². The molecule has 0 saturated carbocycles. The Labute approximate surface area is 129 Å². The molecule has 6 heteroatoms. The highest BCUT2D eigenvalue weighted by molar-refractivity contribution is 7.20. The Morgan fingerprint density at radius 1 is 1.24 bits per heavy atom. The average Bonchev–Trinajstić information content (AvgIpc) is 3.08. The Balaban J connectivity index is 1.65. The summed E-state index contributed by atoms with van der Waals surface area (Å²) in [5, 5.41) is 7.45. The van der Waals surface area contributed by atoms with Crippen molar-refractivity contribution in [2.75, 3.05) is 5.32 Å². The van der Waals surface area contributed by atoms with Gasteiger partial charge in [-0.25, -0.2) is 9.37 Å². The second-order valence-corrected chi connectivity index (χ2v) is 6.16. The van der Waals surface area contributed by atoms with Crippen molar-refractivity contribution >= 4 is 34.3 Å². The summed E-state index contributed by atoms with van der Waals surface area (Å²) in [7, 11) is 0. The number of nitrogens with zero attached hydrogens (tertiary/aromatic N) is 1. The van der Waals surface area contributed by atoms with Crippen LogP contribution in [0.1, 0.15) is 5.69 Å². The van der Waals surface area contributed by atoms with Gasteiger partial charge in [-0.15, -0.1) is 22.7 Å². The number of rotatable bonds is 4. The number of amides is 1. The molecule has 0 fully saturated rings. The third kappa shape index (κ3) is 3.53. The van der Waals surface area contributed by atoms with Crippen molar-refractivity contribution in [3.63, 3.8) is 0 Å². The standard InChI is InChI=1S/C15H11FN2OS2/c16-10-3-1-4-11(7-10)17-14(19)8-12-9-21-15(18-12)13-5-2-6-20-13/h1-7,9H,8H2,(H,17,19). The zero-order valence-electron chi connectivity index (χ0n) is 10.9. The summed E-state index contributed by atoms with van der Waals surface area (Å²) in [5.41, 5.74) is 1.17. The molecule has 0 atom stereocenters. The van der Waals surface area contributed by atoms with E-state index in [-0.39, 0.29) is 18.1 Å². The summed E-state index contributed by atoms with van der Waals surface area (Å²) in [6, 6.07) is 9.80. The number of thiophene rings is 1. The molecule has 3 nitrogen and oxygen atoms in total. The minimum absolute atomic E-state index is 0.179.